The van der Waals surface area contributed by atoms with Gasteiger partial charge in [-0.15, -0.1) is 0 Å². The van der Waals surface area contributed by atoms with E-state index in [4.69, 9.17) is 4.98 Å². The van der Waals surface area contributed by atoms with Gasteiger partial charge in [0.15, 0.2) is 5.65 Å². The third kappa shape index (κ3) is 4.67. The summed E-state index contributed by atoms with van der Waals surface area (Å²) in [6, 6.07) is 6.73. The molecule has 0 aliphatic carbocycles. The van der Waals surface area contributed by atoms with Crippen molar-refractivity contribution in [2.24, 2.45) is 0 Å². The van der Waals surface area contributed by atoms with Crippen molar-refractivity contribution in [3.05, 3.63) is 58.7 Å². The lowest BCUT2D eigenvalue weighted by Gasteiger charge is -2.32. The predicted molar refractivity (Wildman–Crippen MR) is 124 cm³/mol. The zero-order chi connectivity index (χ0) is 23.5. The topological polar surface area (TPSA) is 112 Å². The van der Waals surface area contributed by atoms with Gasteiger partial charge in [0.1, 0.15) is 17.7 Å². The number of halogens is 1. The fourth-order valence-corrected chi connectivity index (χ4v) is 4.27. The number of fused-ring (bicyclic) bond motifs is 1. The maximum absolute atomic E-state index is 13.3. The van der Waals surface area contributed by atoms with Crippen molar-refractivity contribution in [1.29, 1.82) is 0 Å². The molecule has 4 heterocycles. The molecule has 0 spiro atoms. The highest BCUT2D eigenvalue weighted by Crippen LogP contribution is 2.22. The molecular formula is C22H27FN10O. The van der Waals surface area contributed by atoms with Crippen molar-refractivity contribution in [3.8, 4) is 0 Å². The summed E-state index contributed by atoms with van der Waals surface area (Å²) in [6.45, 7) is 6.03. The Bertz CT molecular complexity index is 1300. The molecule has 3 aromatic heterocycles. The fourth-order valence-electron chi connectivity index (χ4n) is 4.27. The predicted octanol–water partition coefficient (Wildman–Crippen LogP) is 1.36. The zero-order valence-electron chi connectivity index (χ0n) is 19.0. The maximum atomic E-state index is 13.3. The number of hydrogen-bond acceptors (Lipinski definition) is 8. The standard InChI is InChI=1S/C22H27FN10O/c1-2-32-22(34)33(29-28-32)12-11-30-9-7-18(8-10-30)26-21-27-19-13-24-15-25-20(19)31(21)14-16-3-5-17(23)6-4-16/h3-6,13,15,18H,2,7-12,14H2,1H3,(H,26,27). The summed E-state index contributed by atoms with van der Waals surface area (Å²) in [5.74, 6) is 0.479. The van der Waals surface area contributed by atoms with Gasteiger partial charge < -0.3 is 10.2 Å². The number of rotatable bonds is 8. The van der Waals surface area contributed by atoms with Gasteiger partial charge in [-0.2, -0.15) is 9.36 Å². The molecule has 0 saturated carbocycles. The minimum atomic E-state index is -0.258. The Morgan fingerprint density at radius 2 is 1.85 bits per heavy atom. The van der Waals surface area contributed by atoms with Crippen molar-refractivity contribution in [1.82, 2.24) is 44.2 Å². The monoisotopic (exact) mass is 466 g/mol. The Balaban J connectivity index is 1.23. The van der Waals surface area contributed by atoms with Crippen LogP contribution in [0.1, 0.15) is 25.3 Å². The van der Waals surface area contributed by atoms with Crippen LogP contribution in [-0.2, 0) is 19.6 Å². The minimum absolute atomic E-state index is 0.165. The molecule has 0 atom stereocenters. The number of likely N-dealkylation sites (tertiary alicyclic amines) is 1. The third-order valence-corrected chi connectivity index (χ3v) is 6.21. The lowest BCUT2D eigenvalue weighted by Crippen LogP contribution is -2.41. The van der Waals surface area contributed by atoms with Crippen LogP contribution < -0.4 is 11.0 Å². The van der Waals surface area contributed by atoms with Gasteiger partial charge in [0.25, 0.3) is 0 Å². The van der Waals surface area contributed by atoms with Gasteiger partial charge in [-0.1, -0.05) is 12.1 Å². The van der Waals surface area contributed by atoms with E-state index in [0.717, 1.165) is 55.2 Å². The first-order valence-electron chi connectivity index (χ1n) is 11.5. The molecule has 0 bridgehead atoms. The summed E-state index contributed by atoms with van der Waals surface area (Å²) >= 11 is 0. The first kappa shape index (κ1) is 22.1. The van der Waals surface area contributed by atoms with Crippen molar-refractivity contribution in [3.63, 3.8) is 0 Å². The van der Waals surface area contributed by atoms with E-state index >= 15 is 0 Å². The molecule has 34 heavy (non-hydrogen) atoms. The van der Waals surface area contributed by atoms with E-state index in [9.17, 15) is 9.18 Å². The molecule has 12 heteroatoms. The van der Waals surface area contributed by atoms with Gasteiger partial charge in [0.05, 0.1) is 19.3 Å². The zero-order valence-corrected chi connectivity index (χ0v) is 19.0. The Hall–Kier alpha value is -3.67. The second-order valence-corrected chi connectivity index (χ2v) is 8.44. The van der Waals surface area contributed by atoms with E-state index in [1.54, 1.807) is 18.3 Å². The molecule has 11 nitrogen and oxygen atoms in total. The van der Waals surface area contributed by atoms with Crippen LogP contribution in [0.15, 0.2) is 41.6 Å². The van der Waals surface area contributed by atoms with Crippen LogP contribution in [0.5, 0.6) is 0 Å². The van der Waals surface area contributed by atoms with Crippen LogP contribution in [0.4, 0.5) is 10.3 Å². The lowest BCUT2D eigenvalue weighted by molar-refractivity contribution is 0.207. The Morgan fingerprint density at radius 3 is 2.59 bits per heavy atom. The van der Waals surface area contributed by atoms with Gasteiger partial charge in [0, 0.05) is 32.2 Å². The number of hydrogen-bond donors (Lipinski definition) is 1. The van der Waals surface area contributed by atoms with Gasteiger partial charge in [0.2, 0.25) is 5.95 Å². The lowest BCUT2D eigenvalue weighted by atomic mass is 10.1. The quantitative estimate of drug-likeness (QED) is 0.414. The summed E-state index contributed by atoms with van der Waals surface area (Å²) in [5, 5.41) is 11.4. The van der Waals surface area contributed by atoms with Crippen LogP contribution >= 0.6 is 0 Å². The highest BCUT2D eigenvalue weighted by Gasteiger charge is 2.22. The normalized spacial score (nSPS) is 15.2. The number of nitrogens with one attached hydrogen (secondary N) is 1. The molecule has 4 aromatic rings. The molecule has 1 saturated heterocycles. The van der Waals surface area contributed by atoms with E-state index in [1.807, 2.05) is 11.5 Å². The van der Waals surface area contributed by atoms with Crippen molar-refractivity contribution >= 4 is 17.1 Å². The van der Waals surface area contributed by atoms with Gasteiger partial charge in [-0.05, 0) is 47.9 Å². The fraction of sp³-hybridized carbons (Fsp3) is 0.455. The molecule has 1 aromatic carbocycles. The maximum Gasteiger partial charge on any atom is 0.363 e. The van der Waals surface area contributed by atoms with Gasteiger partial charge in [-0.25, -0.2) is 24.1 Å². The van der Waals surface area contributed by atoms with Crippen LogP contribution in [0.3, 0.4) is 0 Å². The first-order chi connectivity index (χ1) is 16.6. The highest BCUT2D eigenvalue weighted by molar-refractivity contribution is 5.73. The molecular weight excluding hydrogens is 439 g/mol. The third-order valence-electron chi connectivity index (χ3n) is 6.21. The number of aryl methyl sites for hydroxylation is 1. The largest absolute Gasteiger partial charge is 0.363 e. The first-order valence-corrected chi connectivity index (χ1v) is 11.5. The summed E-state index contributed by atoms with van der Waals surface area (Å²) in [6.07, 6.45) is 5.11. The van der Waals surface area contributed by atoms with Gasteiger partial charge in [-0.3, -0.25) is 4.57 Å². The molecule has 1 aliphatic heterocycles. The average Bonchev–Trinajstić information content (AvgIpc) is 3.39. The van der Waals surface area contributed by atoms with E-state index in [0.29, 0.717) is 19.6 Å². The second kappa shape index (κ2) is 9.67. The number of aromatic nitrogens is 8. The number of tetrazole rings is 1. The SMILES string of the molecule is CCn1nnn(CCN2CCC(Nc3nc4cncnc4n3Cc3ccc(F)cc3)CC2)c1=O. The smallest absolute Gasteiger partial charge is 0.353 e. The summed E-state index contributed by atoms with van der Waals surface area (Å²) in [4.78, 5) is 27.7. The number of piperidine rings is 1. The van der Waals surface area contributed by atoms with Crippen LogP contribution in [0, 0.1) is 5.82 Å². The number of nitrogens with zero attached hydrogens (tertiary/aromatic N) is 9. The van der Waals surface area contributed by atoms with Crippen LogP contribution in [-0.4, -0.2) is 69.9 Å². The number of benzene rings is 1. The van der Waals surface area contributed by atoms with Crippen molar-refractivity contribution in [2.75, 3.05) is 25.0 Å². The van der Waals surface area contributed by atoms with E-state index < -0.39 is 0 Å². The Labute approximate surface area is 195 Å². The summed E-state index contributed by atoms with van der Waals surface area (Å²) < 4.78 is 18.1. The van der Waals surface area contributed by atoms with Crippen LogP contribution in [0.25, 0.3) is 11.2 Å². The average molecular weight is 467 g/mol. The Kier molecular flexibility index (Phi) is 6.30. The molecule has 1 N–H and O–H groups in total. The Morgan fingerprint density at radius 1 is 1.09 bits per heavy atom. The molecule has 0 amide bonds. The summed E-state index contributed by atoms with van der Waals surface area (Å²) in [5.41, 5.74) is 2.26. The molecule has 1 fully saturated rings. The van der Waals surface area contributed by atoms with E-state index in [2.05, 4.69) is 30.6 Å². The van der Waals surface area contributed by atoms with E-state index in [1.165, 1.54) is 27.8 Å². The molecule has 0 radical (unpaired) electrons. The minimum Gasteiger partial charge on any atom is -0.353 e. The molecule has 5 rings (SSSR count). The molecule has 1 aliphatic rings. The van der Waals surface area contributed by atoms with Crippen molar-refractivity contribution < 1.29 is 4.39 Å². The summed E-state index contributed by atoms with van der Waals surface area (Å²) in [7, 11) is 0. The van der Waals surface area contributed by atoms with Crippen molar-refractivity contribution in [2.45, 2.75) is 45.4 Å². The molecule has 178 valence electrons. The number of imidazole rings is 1. The molecule has 0 unspecified atom stereocenters. The van der Waals surface area contributed by atoms with E-state index in [-0.39, 0.29) is 17.5 Å². The highest BCUT2D eigenvalue weighted by atomic mass is 19.1. The number of anilines is 1. The van der Waals surface area contributed by atoms with Gasteiger partial charge >= 0.3 is 5.69 Å². The van der Waals surface area contributed by atoms with Crippen LogP contribution in [0.2, 0.25) is 0 Å². The second-order valence-electron chi connectivity index (χ2n) is 8.44.